The highest BCUT2D eigenvalue weighted by Gasteiger charge is 2.31. The van der Waals surface area contributed by atoms with Gasteiger partial charge in [0.15, 0.2) is 0 Å². The standard InChI is InChI=1S/C18H24ClN3O2S/c1-12-10-21(6-7-22(12)11-18(2,3)24)17(23)14-9-20-8-13(14)15-4-5-16(19)25-15/h4-5,8-9,12,20,24H,6-7,10-11H2,1-3H3. The molecule has 5 nitrogen and oxygen atoms in total. The summed E-state index contributed by atoms with van der Waals surface area (Å²) < 4.78 is 0.712. The monoisotopic (exact) mass is 381 g/mol. The average molecular weight is 382 g/mol. The van der Waals surface area contributed by atoms with E-state index in [0.717, 1.165) is 17.0 Å². The summed E-state index contributed by atoms with van der Waals surface area (Å²) in [4.78, 5) is 21.2. The molecule has 25 heavy (non-hydrogen) atoms. The van der Waals surface area contributed by atoms with Crippen LogP contribution in [0, 0.1) is 0 Å². The Hall–Kier alpha value is -1.34. The van der Waals surface area contributed by atoms with Crippen LogP contribution in [0.3, 0.4) is 0 Å². The number of H-pyrrole nitrogens is 1. The van der Waals surface area contributed by atoms with Gasteiger partial charge in [-0.05, 0) is 32.9 Å². The molecule has 1 amide bonds. The fourth-order valence-electron chi connectivity index (χ4n) is 3.29. The lowest BCUT2D eigenvalue weighted by atomic mass is 10.1. The average Bonchev–Trinajstić information content (AvgIpc) is 3.15. The molecule has 0 aliphatic carbocycles. The third-order valence-corrected chi connectivity index (χ3v) is 5.72. The summed E-state index contributed by atoms with van der Waals surface area (Å²) in [5.41, 5.74) is 0.849. The van der Waals surface area contributed by atoms with Crippen LogP contribution in [0.25, 0.3) is 10.4 Å². The van der Waals surface area contributed by atoms with Gasteiger partial charge in [-0.2, -0.15) is 0 Å². The molecule has 0 bridgehead atoms. The van der Waals surface area contributed by atoms with Crippen LogP contribution in [-0.4, -0.2) is 63.6 Å². The summed E-state index contributed by atoms with van der Waals surface area (Å²) >= 11 is 7.50. The van der Waals surface area contributed by atoms with Gasteiger partial charge in [0.1, 0.15) is 0 Å². The maximum atomic E-state index is 13.0. The summed E-state index contributed by atoms with van der Waals surface area (Å²) in [6.45, 7) is 8.42. The number of hydrogen-bond acceptors (Lipinski definition) is 4. The normalized spacial score (nSPS) is 19.4. The largest absolute Gasteiger partial charge is 0.389 e. The minimum Gasteiger partial charge on any atom is -0.389 e. The van der Waals surface area contributed by atoms with Crippen LogP contribution in [0.15, 0.2) is 24.5 Å². The van der Waals surface area contributed by atoms with Gasteiger partial charge in [0.2, 0.25) is 0 Å². The first-order chi connectivity index (χ1) is 11.7. The SMILES string of the molecule is CC1CN(C(=O)c2c[nH]cc2-c2ccc(Cl)s2)CCN1CC(C)(C)O. The first kappa shape index (κ1) is 18.5. The molecule has 1 saturated heterocycles. The first-order valence-electron chi connectivity index (χ1n) is 8.43. The van der Waals surface area contributed by atoms with E-state index in [1.807, 2.05) is 37.1 Å². The Kier molecular flexibility index (Phi) is 5.25. The molecule has 1 fully saturated rings. The topological polar surface area (TPSA) is 59.6 Å². The number of nitrogens with zero attached hydrogens (tertiary/aromatic N) is 2. The van der Waals surface area contributed by atoms with Crippen LogP contribution in [0.4, 0.5) is 0 Å². The number of amides is 1. The fraction of sp³-hybridized carbons (Fsp3) is 0.500. The van der Waals surface area contributed by atoms with Crippen molar-refractivity contribution >= 4 is 28.8 Å². The quantitative estimate of drug-likeness (QED) is 0.854. The van der Waals surface area contributed by atoms with E-state index in [1.54, 1.807) is 6.20 Å². The summed E-state index contributed by atoms with van der Waals surface area (Å²) in [6.07, 6.45) is 3.61. The van der Waals surface area contributed by atoms with Gasteiger partial charge < -0.3 is 15.0 Å². The van der Waals surface area contributed by atoms with Crippen LogP contribution in [0.5, 0.6) is 0 Å². The van der Waals surface area contributed by atoms with Crippen molar-refractivity contribution in [3.8, 4) is 10.4 Å². The van der Waals surface area contributed by atoms with E-state index in [4.69, 9.17) is 11.6 Å². The molecule has 7 heteroatoms. The van der Waals surface area contributed by atoms with E-state index in [0.29, 0.717) is 29.5 Å². The predicted molar refractivity (Wildman–Crippen MR) is 102 cm³/mol. The zero-order valence-electron chi connectivity index (χ0n) is 14.8. The van der Waals surface area contributed by atoms with Crippen molar-refractivity contribution in [2.24, 2.45) is 0 Å². The molecule has 136 valence electrons. The second kappa shape index (κ2) is 7.11. The van der Waals surface area contributed by atoms with Gasteiger partial charge in [0.05, 0.1) is 15.5 Å². The van der Waals surface area contributed by atoms with Gasteiger partial charge in [-0.15, -0.1) is 11.3 Å². The molecule has 0 spiro atoms. The number of halogens is 1. The molecule has 3 heterocycles. The molecule has 2 N–H and O–H groups in total. The lowest BCUT2D eigenvalue weighted by Crippen LogP contribution is -2.56. The van der Waals surface area contributed by atoms with Gasteiger partial charge in [-0.25, -0.2) is 0 Å². The van der Waals surface area contributed by atoms with E-state index < -0.39 is 5.60 Å². The molecule has 0 aromatic carbocycles. The number of piperazine rings is 1. The van der Waals surface area contributed by atoms with Crippen molar-refractivity contribution in [2.75, 3.05) is 26.2 Å². The zero-order valence-corrected chi connectivity index (χ0v) is 16.3. The summed E-state index contributed by atoms with van der Waals surface area (Å²) in [7, 11) is 0. The fourth-order valence-corrected chi connectivity index (χ4v) is 4.36. The van der Waals surface area contributed by atoms with E-state index in [9.17, 15) is 9.90 Å². The third-order valence-electron chi connectivity index (χ3n) is 4.46. The zero-order chi connectivity index (χ0) is 18.2. The molecule has 1 aliphatic heterocycles. The minimum atomic E-state index is -0.729. The lowest BCUT2D eigenvalue weighted by molar-refractivity contribution is -0.00141. The Morgan fingerprint density at radius 3 is 2.76 bits per heavy atom. The van der Waals surface area contributed by atoms with Crippen LogP contribution in [0.1, 0.15) is 31.1 Å². The number of hydrogen-bond donors (Lipinski definition) is 2. The maximum Gasteiger partial charge on any atom is 0.256 e. The Morgan fingerprint density at radius 2 is 2.16 bits per heavy atom. The van der Waals surface area contributed by atoms with Crippen molar-refractivity contribution in [3.05, 3.63) is 34.4 Å². The van der Waals surface area contributed by atoms with Crippen LogP contribution in [-0.2, 0) is 0 Å². The number of carbonyl (C=O) groups is 1. The molecule has 2 aromatic heterocycles. The molecule has 0 saturated carbocycles. The molecule has 1 atom stereocenters. The lowest BCUT2D eigenvalue weighted by Gasteiger charge is -2.42. The van der Waals surface area contributed by atoms with Crippen LogP contribution < -0.4 is 0 Å². The van der Waals surface area contributed by atoms with Crippen LogP contribution in [0.2, 0.25) is 4.34 Å². The first-order valence-corrected chi connectivity index (χ1v) is 9.62. The molecular weight excluding hydrogens is 358 g/mol. The molecule has 1 unspecified atom stereocenters. The van der Waals surface area contributed by atoms with E-state index in [1.165, 1.54) is 11.3 Å². The Morgan fingerprint density at radius 1 is 1.40 bits per heavy atom. The van der Waals surface area contributed by atoms with E-state index >= 15 is 0 Å². The van der Waals surface area contributed by atoms with Gasteiger partial charge in [-0.1, -0.05) is 11.6 Å². The van der Waals surface area contributed by atoms with Gasteiger partial charge in [-0.3, -0.25) is 9.69 Å². The molecule has 2 aromatic rings. The second-order valence-electron chi connectivity index (χ2n) is 7.27. The van der Waals surface area contributed by atoms with Crippen molar-refractivity contribution in [1.82, 2.24) is 14.8 Å². The highest BCUT2D eigenvalue weighted by atomic mass is 35.5. The van der Waals surface area contributed by atoms with Gasteiger partial charge in [0.25, 0.3) is 5.91 Å². The van der Waals surface area contributed by atoms with E-state index in [-0.39, 0.29) is 11.9 Å². The number of thiophene rings is 1. The van der Waals surface area contributed by atoms with Crippen molar-refractivity contribution in [2.45, 2.75) is 32.4 Å². The number of aromatic nitrogens is 1. The third kappa shape index (κ3) is 4.26. The number of aliphatic hydroxyl groups is 1. The number of aromatic amines is 1. The maximum absolute atomic E-state index is 13.0. The summed E-state index contributed by atoms with van der Waals surface area (Å²) in [5.74, 6) is 0.0375. The number of nitrogens with one attached hydrogen (secondary N) is 1. The smallest absolute Gasteiger partial charge is 0.256 e. The predicted octanol–water partition coefficient (Wildman–Crippen LogP) is 3.31. The minimum absolute atomic E-state index is 0.0375. The van der Waals surface area contributed by atoms with Crippen LogP contribution >= 0.6 is 22.9 Å². The Bertz CT molecular complexity index is 750. The molecule has 0 radical (unpaired) electrons. The highest BCUT2D eigenvalue weighted by Crippen LogP contribution is 2.33. The summed E-state index contributed by atoms with van der Waals surface area (Å²) in [5, 5.41) is 10.0. The number of carbonyl (C=O) groups excluding carboxylic acids is 1. The number of β-amino-alcohol motifs (C(OH)–C–C–N with tert-alkyl or cyclic N) is 1. The molecular formula is C18H24ClN3O2S. The van der Waals surface area contributed by atoms with Gasteiger partial charge in [0, 0.05) is 55.1 Å². The molecule has 3 rings (SSSR count). The number of rotatable bonds is 4. The van der Waals surface area contributed by atoms with Crippen molar-refractivity contribution in [1.29, 1.82) is 0 Å². The van der Waals surface area contributed by atoms with Crippen molar-refractivity contribution < 1.29 is 9.90 Å². The highest BCUT2D eigenvalue weighted by molar-refractivity contribution is 7.19. The summed E-state index contributed by atoms with van der Waals surface area (Å²) in [6, 6.07) is 4.00. The van der Waals surface area contributed by atoms with Crippen molar-refractivity contribution in [3.63, 3.8) is 0 Å². The Labute approximate surface area is 157 Å². The van der Waals surface area contributed by atoms with E-state index in [2.05, 4.69) is 16.8 Å². The Balaban J connectivity index is 1.72. The second-order valence-corrected chi connectivity index (χ2v) is 8.98. The molecule has 1 aliphatic rings. The van der Waals surface area contributed by atoms with Gasteiger partial charge >= 0.3 is 0 Å².